The number of amides is 1. The summed E-state index contributed by atoms with van der Waals surface area (Å²) in [5.41, 5.74) is 6.06. The van der Waals surface area contributed by atoms with E-state index in [0.29, 0.717) is 10.0 Å². The SMILES string of the molecule is C[C@H](N)C(=O)NCc1ccc(Br)c(F)c1.Cl. The molecule has 0 saturated carbocycles. The van der Waals surface area contributed by atoms with Crippen molar-refractivity contribution in [2.45, 2.75) is 19.5 Å². The van der Waals surface area contributed by atoms with Crippen LogP contribution in [0.3, 0.4) is 0 Å². The van der Waals surface area contributed by atoms with Gasteiger partial charge in [-0.1, -0.05) is 6.07 Å². The van der Waals surface area contributed by atoms with Crippen LogP contribution in [0.25, 0.3) is 0 Å². The summed E-state index contributed by atoms with van der Waals surface area (Å²) in [5, 5.41) is 2.60. The Labute approximate surface area is 108 Å². The van der Waals surface area contributed by atoms with Gasteiger partial charge in [-0.2, -0.15) is 0 Å². The minimum absolute atomic E-state index is 0. The minimum Gasteiger partial charge on any atom is -0.351 e. The molecular formula is C10H13BrClFN2O. The van der Waals surface area contributed by atoms with E-state index < -0.39 is 6.04 Å². The Kier molecular flexibility index (Phi) is 6.55. The molecular weight excluding hydrogens is 298 g/mol. The van der Waals surface area contributed by atoms with Gasteiger partial charge in [-0.25, -0.2) is 4.39 Å². The van der Waals surface area contributed by atoms with Crippen molar-refractivity contribution >= 4 is 34.2 Å². The maximum Gasteiger partial charge on any atom is 0.236 e. The van der Waals surface area contributed by atoms with Gasteiger partial charge in [0.2, 0.25) is 5.91 Å². The Balaban J connectivity index is 0.00000225. The average molecular weight is 312 g/mol. The third-order valence-corrected chi connectivity index (χ3v) is 2.51. The number of hydrogen-bond acceptors (Lipinski definition) is 2. The second kappa shape index (κ2) is 6.83. The molecule has 0 unspecified atom stereocenters. The molecule has 1 atom stereocenters. The fraction of sp³-hybridized carbons (Fsp3) is 0.300. The summed E-state index contributed by atoms with van der Waals surface area (Å²) in [4.78, 5) is 11.1. The van der Waals surface area contributed by atoms with Crippen molar-refractivity contribution in [3.05, 3.63) is 34.1 Å². The van der Waals surface area contributed by atoms with Gasteiger partial charge in [-0.3, -0.25) is 4.79 Å². The Hall–Kier alpha value is -0.650. The molecule has 1 aromatic rings. The van der Waals surface area contributed by atoms with Gasteiger partial charge >= 0.3 is 0 Å². The van der Waals surface area contributed by atoms with E-state index in [4.69, 9.17) is 5.73 Å². The monoisotopic (exact) mass is 310 g/mol. The van der Waals surface area contributed by atoms with Crippen LogP contribution >= 0.6 is 28.3 Å². The number of nitrogens with two attached hydrogens (primary N) is 1. The van der Waals surface area contributed by atoms with Gasteiger partial charge in [0.1, 0.15) is 5.82 Å². The van der Waals surface area contributed by atoms with Crippen LogP contribution in [0.15, 0.2) is 22.7 Å². The highest BCUT2D eigenvalue weighted by Crippen LogP contribution is 2.16. The molecule has 0 saturated heterocycles. The molecule has 0 radical (unpaired) electrons. The van der Waals surface area contributed by atoms with Crippen molar-refractivity contribution in [1.82, 2.24) is 5.32 Å². The number of carbonyl (C=O) groups is 1. The first kappa shape index (κ1) is 15.3. The third kappa shape index (κ3) is 4.47. The van der Waals surface area contributed by atoms with Crippen LogP contribution in [0.5, 0.6) is 0 Å². The topological polar surface area (TPSA) is 55.1 Å². The zero-order valence-electron chi connectivity index (χ0n) is 8.67. The molecule has 0 aliphatic carbocycles. The van der Waals surface area contributed by atoms with Crippen LogP contribution in [-0.4, -0.2) is 11.9 Å². The zero-order chi connectivity index (χ0) is 11.4. The van der Waals surface area contributed by atoms with Crippen molar-refractivity contribution in [3.63, 3.8) is 0 Å². The molecule has 0 fully saturated rings. The van der Waals surface area contributed by atoms with Crippen molar-refractivity contribution in [2.75, 3.05) is 0 Å². The predicted molar refractivity (Wildman–Crippen MR) is 66.8 cm³/mol. The van der Waals surface area contributed by atoms with E-state index in [1.54, 1.807) is 19.1 Å². The zero-order valence-corrected chi connectivity index (χ0v) is 11.1. The van der Waals surface area contributed by atoms with Gasteiger partial charge in [0.15, 0.2) is 0 Å². The van der Waals surface area contributed by atoms with E-state index >= 15 is 0 Å². The van der Waals surface area contributed by atoms with Crippen LogP contribution in [0.4, 0.5) is 4.39 Å². The van der Waals surface area contributed by atoms with E-state index in [-0.39, 0.29) is 30.7 Å². The number of hydrogen-bond donors (Lipinski definition) is 2. The minimum atomic E-state index is -0.551. The average Bonchev–Trinajstić information content (AvgIpc) is 2.19. The second-order valence-electron chi connectivity index (χ2n) is 3.25. The molecule has 1 amide bonds. The highest BCUT2D eigenvalue weighted by atomic mass is 79.9. The predicted octanol–water partition coefficient (Wildman–Crippen LogP) is 1.97. The molecule has 0 aliphatic heterocycles. The van der Waals surface area contributed by atoms with E-state index in [2.05, 4.69) is 21.2 Å². The summed E-state index contributed by atoms with van der Waals surface area (Å²) in [6.07, 6.45) is 0. The summed E-state index contributed by atoms with van der Waals surface area (Å²) in [5.74, 6) is -0.596. The molecule has 0 bridgehead atoms. The number of carbonyl (C=O) groups excluding carboxylic acids is 1. The van der Waals surface area contributed by atoms with Gasteiger partial charge < -0.3 is 11.1 Å². The lowest BCUT2D eigenvalue weighted by Gasteiger charge is -2.07. The summed E-state index contributed by atoms with van der Waals surface area (Å²) < 4.78 is 13.5. The first-order valence-electron chi connectivity index (χ1n) is 4.48. The van der Waals surface area contributed by atoms with E-state index in [0.717, 1.165) is 0 Å². The van der Waals surface area contributed by atoms with Crippen molar-refractivity contribution in [3.8, 4) is 0 Å². The molecule has 3 nitrogen and oxygen atoms in total. The lowest BCUT2D eigenvalue weighted by molar-refractivity contribution is -0.122. The molecule has 1 aromatic carbocycles. The first-order chi connectivity index (χ1) is 7.00. The highest BCUT2D eigenvalue weighted by Gasteiger charge is 2.07. The highest BCUT2D eigenvalue weighted by molar-refractivity contribution is 9.10. The van der Waals surface area contributed by atoms with Crippen molar-refractivity contribution < 1.29 is 9.18 Å². The smallest absolute Gasteiger partial charge is 0.236 e. The number of rotatable bonds is 3. The largest absolute Gasteiger partial charge is 0.351 e. The molecule has 0 aliphatic rings. The van der Waals surface area contributed by atoms with Crippen LogP contribution in [0.1, 0.15) is 12.5 Å². The van der Waals surface area contributed by atoms with Gasteiger partial charge in [-0.05, 0) is 40.5 Å². The van der Waals surface area contributed by atoms with Crippen LogP contribution < -0.4 is 11.1 Å². The first-order valence-corrected chi connectivity index (χ1v) is 5.27. The number of nitrogens with one attached hydrogen (secondary N) is 1. The lowest BCUT2D eigenvalue weighted by Crippen LogP contribution is -2.37. The molecule has 0 aromatic heterocycles. The second-order valence-corrected chi connectivity index (χ2v) is 4.11. The Morgan fingerprint density at radius 3 is 2.75 bits per heavy atom. The van der Waals surface area contributed by atoms with Crippen LogP contribution in [0.2, 0.25) is 0 Å². The lowest BCUT2D eigenvalue weighted by atomic mass is 10.2. The molecule has 90 valence electrons. The molecule has 16 heavy (non-hydrogen) atoms. The Morgan fingerprint density at radius 2 is 2.25 bits per heavy atom. The molecule has 6 heteroatoms. The van der Waals surface area contributed by atoms with Gasteiger partial charge in [-0.15, -0.1) is 12.4 Å². The summed E-state index contributed by atoms with van der Waals surface area (Å²) in [6.45, 7) is 1.88. The van der Waals surface area contributed by atoms with Gasteiger partial charge in [0, 0.05) is 6.54 Å². The van der Waals surface area contributed by atoms with E-state index in [9.17, 15) is 9.18 Å². The maximum absolute atomic E-state index is 13.1. The molecule has 0 heterocycles. The molecule has 3 N–H and O–H groups in total. The van der Waals surface area contributed by atoms with E-state index in [1.807, 2.05) is 0 Å². The fourth-order valence-electron chi connectivity index (χ4n) is 1.000. The number of benzene rings is 1. The standard InChI is InChI=1S/C10H12BrFN2O.ClH/c1-6(13)10(15)14-5-7-2-3-8(11)9(12)4-7;/h2-4,6H,5,13H2,1H3,(H,14,15);1H/t6-;/m0./s1. The van der Waals surface area contributed by atoms with E-state index in [1.165, 1.54) is 6.07 Å². The number of halogens is 3. The summed E-state index contributed by atoms with van der Waals surface area (Å²) >= 11 is 3.05. The third-order valence-electron chi connectivity index (χ3n) is 1.86. The van der Waals surface area contributed by atoms with Crippen LogP contribution in [0, 0.1) is 5.82 Å². The molecule has 0 spiro atoms. The quantitative estimate of drug-likeness (QED) is 0.897. The Morgan fingerprint density at radius 1 is 1.62 bits per heavy atom. The Bertz CT molecular complexity index is 374. The molecule has 1 rings (SSSR count). The van der Waals surface area contributed by atoms with Gasteiger partial charge in [0.05, 0.1) is 10.5 Å². The van der Waals surface area contributed by atoms with Crippen molar-refractivity contribution in [2.24, 2.45) is 5.73 Å². The van der Waals surface area contributed by atoms with Crippen molar-refractivity contribution in [1.29, 1.82) is 0 Å². The summed E-state index contributed by atoms with van der Waals surface area (Å²) in [7, 11) is 0. The normalized spacial score (nSPS) is 11.5. The fourth-order valence-corrected chi connectivity index (χ4v) is 1.25. The van der Waals surface area contributed by atoms with Gasteiger partial charge in [0.25, 0.3) is 0 Å². The summed E-state index contributed by atoms with van der Waals surface area (Å²) in [6, 6.07) is 4.15. The maximum atomic E-state index is 13.1. The van der Waals surface area contributed by atoms with Crippen LogP contribution in [-0.2, 0) is 11.3 Å².